The lowest BCUT2D eigenvalue weighted by molar-refractivity contribution is 0.154. The molecular weight excluding hydrogens is 302 g/mol. The molecule has 2 rings (SSSR count). The molecule has 0 aliphatic carbocycles. The minimum atomic E-state index is -3.58. The van der Waals surface area contributed by atoms with E-state index < -0.39 is 21.3 Å². The highest BCUT2D eigenvalue weighted by atomic mass is 32.2. The van der Waals surface area contributed by atoms with Crippen LogP contribution in [0.15, 0.2) is 35.2 Å². The molecule has 1 aliphatic rings. The summed E-state index contributed by atoms with van der Waals surface area (Å²) < 4.78 is 30.7. The number of hydrogen-bond acceptors (Lipinski definition) is 4. The number of ether oxygens (including phenoxy) is 1. The van der Waals surface area contributed by atoms with E-state index in [9.17, 15) is 13.2 Å². The average Bonchev–Trinajstić information content (AvgIpc) is 2.94. The number of amides is 1. The lowest BCUT2D eigenvalue weighted by Gasteiger charge is -2.25. The Balaban J connectivity index is 2.21. The number of benzene rings is 1. The van der Waals surface area contributed by atoms with Gasteiger partial charge in [-0.15, -0.1) is 0 Å². The minimum Gasteiger partial charge on any atom is -0.447 e. The summed E-state index contributed by atoms with van der Waals surface area (Å²) >= 11 is 0. The van der Waals surface area contributed by atoms with Gasteiger partial charge in [0.15, 0.2) is 9.84 Å². The van der Waals surface area contributed by atoms with Gasteiger partial charge in [0.05, 0.1) is 11.4 Å². The zero-order chi connectivity index (χ0) is 16.0. The molecule has 0 saturated carbocycles. The largest absolute Gasteiger partial charge is 0.447 e. The monoisotopic (exact) mass is 325 g/mol. The number of carbonyl (C=O) groups is 1. The van der Waals surface area contributed by atoms with Crippen molar-refractivity contribution in [3.8, 4) is 0 Å². The molecule has 1 fully saturated rings. The number of nitrogens with zero attached hydrogens (tertiary/aromatic N) is 1. The van der Waals surface area contributed by atoms with E-state index in [4.69, 9.17) is 4.74 Å². The quantitative estimate of drug-likeness (QED) is 0.689. The molecule has 0 aromatic heterocycles. The van der Waals surface area contributed by atoms with Crippen LogP contribution in [0.25, 0.3) is 0 Å². The number of sulfone groups is 1. The van der Waals surface area contributed by atoms with Crippen LogP contribution in [-0.4, -0.2) is 37.9 Å². The van der Waals surface area contributed by atoms with E-state index in [1.807, 2.05) is 0 Å². The Morgan fingerprint density at radius 1 is 1.18 bits per heavy atom. The van der Waals surface area contributed by atoms with E-state index in [-0.39, 0.29) is 11.5 Å². The summed E-state index contributed by atoms with van der Waals surface area (Å²) in [5.41, 5.74) is 0. The first-order valence-corrected chi connectivity index (χ1v) is 9.34. The second-order valence-electron chi connectivity index (χ2n) is 5.47. The predicted molar refractivity (Wildman–Crippen MR) is 84.2 cm³/mol. The van der Waals surface area contributed by atoms with Gasteiger partial charge in [-0.1, -0.05) is 50.8 Å². The van der Waals surface area contributed by atoms with Crippen LogP contribution in [0.5, 0.6) is 0 Å². The van der Waals surface area contributed by atoms with Crippen LogP contribution in [0, 0.1) is 0 Å². The zero-order valence-corrected chi connectivity index (χ0v) is 13.7. The van der Waals surface area contributed by atoms with Gasteiger partial charge in [-0.3, -0.25) is 4.90 Å². The Morgan fingerprint density at radius 3 is 2.50 bits per heavy atom. The molecular formula is C16H23NO4S. The third-order valence-corrected chi connectivity index (χ3v) is 6.01. The Morgan fingerprint density at radius 2 is 1.91 bits per heavy atom. The van der Waals surface area contributed by atoms with E-state index in [1.165, 1.54) is 4.90 Å². The van der Waals surface area contributed by atoms with Crippen LogP contribution in [0.1, 0.15) is 39.0 Å². The first kappa shape index (κ1) is 16.8. The molecule has 6 heteroatoms. The fourth-order valence-corrected chi connectivity index (χ4v) is 4.51. The van der Waals surface area contributed by atoms with Gasteiger partial charge < -0.3 is 4.74 Å². The number of rotatable bonds is 8. The SMILES string of the molecule is CCCCCC[C@@H](N1CCOC1=O)S(=O)(=O)c1ccccc1. The van der Waals surface area contributed by atoms with Crippen molar-refractivity contribution >= 4 is 15.9 Å². The Hall–Kier alpha value is -1.56. The van der Waals surface area contributed by atoms with Crippen molar-refractivity contribution in [2.45, 2.75) is 49.3 Å². The van der Waals surface area contributed by atoms with Crippen LogP contribution in [-0.2, 0) is 14.6 Å². The molecule has 1 saturated heterocycles. The Kier molecular flexibility index (Phi) is 5.83. The van der Waals surface area contributed by atoms with E-state index in [0.717, 1.165) is 25.7 Å². The molecule has 0 unspecified atom stereocenters. The molecule has 22 heavy (non-hydrogen) atoms. The summed E-state index contributed by atoms with van der Waals surface area (Å²) in [6, 6.07) is 8.33. The van der Waals surface area contributed by atoms with Gasteiger partial charge in [0, 0.05) is 0 Å². The van der Waals surface area contributed by atoms with Crippen LogP contribution >= 0.6 is 0 Å². The van der Waals surface area contributed by atoms with Crippen LogP contribution in [0.3, 0.4) is 0 Å². The summed E-state index contributed by atoms with van der Waals surface area (Å²) in [7, 11) is -3.58. The van der Waals surface area contributed by atoms with Crippen LogP contribution < -0.4 is 0 Å². The summed E-state index contributed by atoms with van der Waals surface area (Å²) in [4.78, 5) is 13.4. The standard InChI is InChI=1S/C16H23NO4S/c1-2-3-4-8-11-15(17-12-13-21-16(17)18)22(19,20)14-9-6-5-7-10-14/h5-7,9-10,15H,2-4,8,11-13H2,1H3/t15-/m0/s1. The first-order valence-electron chi connectivity index (χ1n) is 7.79. The van der Waals surface area contributed by atoms with Crippen molar-refractivity contribution in [2.24, 2.45) is 0 Å². The van der Waals surface area contributed by atoms with Crippen molar-refractivity contribution in [1.82, 2.24) is 4.90 Å². The van der Waals surface area contributed by atoms with Crippen molar-refractivity contribution in [3.05, 3.63) is 30.3 Å². The van der Waals surface area contributed by atoms with Crippen molar-refractivity contribution in [2.75, 3.05) is 13.2 Å². The zero-order valence-electron chi connectivity index (χ0n) is 12.9. The van der Waals surface area contributed by atoms with Crippen molar-refractivity contribution in [3.63, 3.8) is 0 Å². The molecule has 122 valence electrons. The molecule has 1 aromatic rings. The van der Waals surface area contributed by atoms with Gasteiger partial charge in [0.1, 0.15) is 12.0 Å². The minimum absolute atomic E-state index is 0.259. The normalized spacial score (nSPS) is 16.6. The van der Waals surface area contributed by atoms with Gasteiger partial charge in [0.25, 0.3) is 0 Å². The smallest absolute Gasteiger partial charge is 0.411 e. The number of hydrogen-bond donors (Lipinski definition) is 0. The van der Waals surface area contributed by atoms with E-state index >= 15 is 0 Å². The molecule has 5 nitrogen and oxygen atoms in total. The molecule has 1 aromatic carbocycles. The summed E-state index contributed by atoms with van der Waals surface area (Å²) in [6.45, 7) is 2.70. The van der Waals surface area contributed by atoms with Crippen LogP contribution in [0.2, 0.25) is 0 Å². The van der Waals surface area contributed by atoms with Gasteiger partial charge >= 0.3 is 6.09 Å². The van der Waals surface area contributed by atoms with Crippen molar-refractivity contribution in [1.29, 1.82) is 0 Å². The maximum absolute atomic E-state index is 12.9. The van der Waals surface area contributed by atoms with E-state index in [2.05, 4.69) is 6.92 Å². The average molecular weight is 325 g/mol. The third kappa shape index (κ3) is 3.80. The maximum atomic E-state index is 12.9. The van der Waals surface area contributed by atoms with Gasteiger partial charge in [-0.2, -0.15) is 0 Å². The second kappa shape index (κ2) is 7.63. The molecule has 1 heterocycles. The number of carbonyl (C=O) groups excluding carboxylic acids is 1. The summed E-state index contributed by atoms with van der Waals surface area (Å²) in [5, 5.41) is -0.832. The lowest BCUT2D eigenvalue weighted by atomic mass is 10.1. The Labute approximate surface area is 132 Å². The molecule has 0 N–H and O–H groups in total. The fourth-order valence-electron chi connectivity index (χ4n) is 2.66. The molecule has 0 spiro atoms. The molecule has 1 aliphatic heterocycles. The van der Waals surface area contributed by atoms with Gasteiger partial charge in [-0.05, 0) is 18.6 Å². The molecule has 1 atom stereocenters. The number of unbranched alkanes of at least 4 members (excludes halogenated alkanes) is 3. The van der Waals surface area contributed by atoms with E-state index in [0.29, 0.717) is 13.0 Å². The van der Waals surface area contributed by atoms with Gasteiger partial charge in [0.2, 0.25) is 0 Å². The Bertz CT molecular complexity index is 585. The fraction of sp³-hybridized carbons (Fsp3) is 0.562. The highest BCUT2D eigenvalue weighted by molar-refractivity contribution is 7.92. The second-order valence-corrected chi connectivity index (χ2v) is 7.58. The highest BCUT2D eigenvalue weighted by Gasteiger charge is 2.38. The molecule has 0 bridgehead atoms. The third-order valence-electron chi connectivity index (χ3n) is 3.87. The van der Waals surface area contributed by atoms with Gasteiger partial charge in [-0.25, -0.2) is 13.2 Å². The maximum Gasteiger partial charge on any atom is 0.411 e. The molecule has 1 amide bonds. The van der Waals surface area contributed by atoms with Crippen molar-refractivity contribution < 1.29 is 17.9 Å². The number of cyclic esters (lactones) is 1. The lowest BCUT2D eigenvalue weighted by Crippen LogP contribution is -2.41. The van der Waals surface area contributed by atoms with E-state index in [1.54, 1.807) is 30.3 Å². The topological polar surface area (TPSA) is 63.7 Å². The predicted octanol–water partition coefficient (Wildman–Crippen LogP) is 3.21. The molecule has 0 radical (unpaired) electrons. The summed E-state index contributed by atoms with van der Waals surface area (Å²) in [5.74, 6) is 0. The van der Waals surface area contributed by atoms with Crippen LogP contribution in [0.4, 0.5) is 4.79 Å². The first-order chi connectivity index (χ1) is 10.6. The summed E-state index contributed by atoms with van der Waals surface area (Å²) in [6.07, 6.45) is 3.84. The highest BCUT2D eigenvalue weighted by Crippen LogP contribution is 2.25.